The molecule has 1 amide bonds. The minimum absolute atomic E-state index is 0.0672. The lowest BCUT2D eigenvalue weighted by atomic mass is 10.0. The lowest BCUT2D eigenvalue weighted by molar-refractivity contribution is 0.0945. The number of amides is 1. The van der Waals surface area contributed by atoms with Crippen LogP contribution in [0.1, 0.15) is 65.8 Å². The van der Waals surface area contributed by atoms with Gasteiger partial charge in [-0.3, -0.25) is 19.3 Å². The van der Waals surface area contributed by atoms with Gasteiger partial charge in [0.25, 0.3) is 11.5 Å². The third-order valence-corrected chi connectivity index (χ3v) is 6.99. The molecule has 9 nitrogen and oxygen atoms in total. The van der Waals surface area contributed by atoms with Gasteiger partial charge in [0.1, 0.15) is 5.52 Å². The van der Waals surface area contributed by atoms with Crippen LogP contribution < -0.4 is 10.9 Å². The molecule has 5 aromatic rings. The number of carbonyl (C=O) groups excluding carboxylic acids is 1. The summed E-state index contributed by atoms with van der Waals surface area (Å²) in [4.78, 5) is 33.9. The number of fused-ring (bicyclic) bond motifs is 2. The van der Waals surface area contributed by atoms with Crippen molar-refractivity contribution in [2.24, 2.45) is 0 Å². The maximum atomic E-state index is 13.2. The van der Waals surface area contributed by atoms with Crippen LogP contribution >= 0.6 is 0 Å². The summed E-state index contributed by atoms with van der Waals surface area (Å²) in [5.74, 6) is 0.230. The quantitative estimate of drug-likeness (QED) is 0.352. The van der Waals surface area contributed by atoms with Crippen LogP contribution in [0.25, 0.3) is 27.7 Å². The van der Waals surface area contributed by atoms with Crippen molar-refractivity contribution in [3.8, 4) is 11.3 Å². The van der Waals surface area contributed by atoms with Gasteiger partial charge in [-0.15, -0.1) is 0 Å². The Hall–Kier alpha value is -4.27. The Kier molecular flexibility index (Phi) is 5.62. The Balaban J connectivity index is 1.30. The Labute approximate surface area is 213 Å². The topological polar surface area (TPSA) is 110 Å². The summed E-state index contributed by atoms with van der Waals surface area (Å²) in [6.07, 6.45) is 7.86. The molecule has 4 heterocycles. The molecule has 0 aliphatic heterocycles. The average molecular weight is 496 g/mol. The number of rotatable bonds is 7. The number of pyridine rings is 1. The van der Waals surface area contributed by atoms with E-state index in [1.807, 2.05) is 55.9 Å². The maximum absolute atomic E-state index is 13.2. The number of aromatic nitrogens is 6. The lowest BCUT2D eigenvalue weighted by Gasteiger charge is -2.08. The molecule has 4 aromatic heterocycles. The number of benzene rings is 1. The van der Waals surface area contributed by atoms with E-state index in [0.29, 0.717) is 35.8 Å². The second-order valence-corrected chi connectivity index (χ2v) is 10.1. The summed E-state index contributed by atoms with van der Waals surface area (Å²) < 4.78 is 3.38. The SMILES string of the molecule is Cc1cccc2ncc(-c3cn4nc(C(=O)NCCn5ccc(C6CC6)n5)c(C(C)C)c4c(=O)[nH]3)cc12. The summed E-state index contributed by atoms with van der Waals surface area (Å²) in [6, 6.07) is 10.0. The summed E-state index contributed by atoms with van der Waals surface area (Å²) in [6.45, 7) is 6.94. The maximum Gasteiger partial charge on any atom is 0.274 e. The van der Waals surface area contributed by atoms with Crippen LogP contribution in [0.3, 0.4) is 0 Å². The summed E-state index contributed by atoms with van der Waals surface area (Å²) in [7, 11) is 0. The molecule has 0 spiro atoms. The smallest absolute Gasteiger partial charge is 0.274 e. The molecule has 188 valence electrons. The molecule has 1 fully saturated rings. The molecular weight excluding hydrogens is 466 g/mol. The average Bonchev–Trinajstić information content (AvgIpc) is 3.48. The molecule has 1 aromatic carbocycles. The molecule has 6 rings (SSSR count). The van der Waals surface area contributed by atoms with E-state index in [-0.39, 0.29) is 23.1 Å². The first-order valence-electron chi connectivity index (χ1n) is 12.7. The number of hydrogen-bond acceptors (Lipinski definition) is 5. The highest BCUT2D eigenvalue weighted by atomic mass is 16.2. The number of H-pyrrole nitrogens is 1. The van der Waals surface area contributed by atoms with Crippen LogP contribution in [0.5, 0.6) is 0 Å². The standard InChI is InChI=1S/C28H29N7O2/c1-16(2)24-25(27(36)29-10-12-34-11-9-21(32-34)18-7-8-18)33-35-15-23(31-28(37)26(24)35)19-13-20-17(3)5-4-6-22(20)30-14-19/h4-6,9,11,13-16,18H,7-8,10,12H2,1-3H3,(H,29,36)(H,31,37). The van der Waals surface area contributed by atoms with Crippen LogP contribution in [-0.4, -0.2) is 41.8 Å². The Morgan fingerprint density at radius 3 is 2.84 bits per heavy atom. The molecule has 1 aliphatic carbocycles. The normalized spacial score (nSPS) is 13.6. The zero-order valence-corrected chi connectivity index (χ0v) is 21.2. The lowest BCUT2D eigenvalue weighted by Crippen LogP contribution is -2.28. The van der Waals surface area contributed by atoms with Gasteiger partial charge in [-0.25, -0.2) is 4.52 Å². The van der Waals surface area contributed by atoms with Gasteiger partial charge in [0, 0.05) is 41.4 Å². The van der Waals surface area contributed by atoms with Gasteiger partial charge < -0.3 is 10.3 Å². The molecule has 0 unspecified atom stereocenters. The molecular formula is C28H29N7O2. The summed E-state index contributed by atoms with van der Waals surface area (Å²) in [5, 5.41) is 13.1. The summed E-state index contributed by atoms with van der Waals surface area (Å²) >= 11 is 0. The van der Waals surface area contributed by atoms with Gasteiger partial charge in [0.15, 0.2) is 5.69 Å². The van der Waals surface area contributed by atoms with Gasteiger partial charge >= 0.3 is 0 Å². The zero-order valence-electron chi connectivity index (χ0n) is 21.2. The second-order valence-electron chi connectivity index (χ2n) is 10.1. The highest BCUT2D eigenvalue weighted by Gasteiger charge is 2.26. The molecule has 0 saturated heterocycles. The number of carbonyl (C=O) groups is 1. The fraction of sp³-hybridized carbons (Fsp3) is 0.321. The molecule has 0 atom stereocenters. The molecule has 2 N–H and O–H groups in total. The van der Waals surface area contributed by atoms with E-state index >= 15 is 0 Å². The van der Waals surface area contributed by atoms with E-state index in [1.165, 1.54) is 17.4 Å². The highest BCUT2D eigenvalue weighted by Crippen LogP contribution is 2.38. The van der Waals surface area contributed by atoms with E-state index in [2.05, 4.69) is 31.5 Å². The van der Waals surface area contributed by atoms with E-state index in [1.54, 1.807) is 12.4 Å². The highest BCUT2D eigenvalue weighted by molar-refractivity contribution is 5.96. The van der Waals surface area contributed by atoms with Crippen molar-refractivity contribution >= 4 is 22.3 Å². The Morgan fingerprint density at radius 1 is 1.22 bits per heavy atom. The molecule has 0 radical (unpaired) electrons. The van der Waals surface area contributed by atoms with Crippen LogP contribution in [0.2, 0.25) is 0 Å². The van der Waals surface area contributed by atoms with Crippen LogP contribution in [0.15, 0.2) is 53.7 Å². The summed E-state index contributed by atoms with van der Waals surface area (Å²) in [5.41, 5.74) is 5.48. The molecule has 0 bridgehead atoms. The van der Waals surface area contributed by atoms with Crippen molar-refractivity contribution in [1.82, 2.24) is 34.7 Å². The van der Waals surface area contributed by atoms with Gasteiger partial charge in [-0.05, 0) is 49.4 Å². The van der Waals surface area contributed by atoms with Crippen molar-refractivity contribution in [3.63, 3.8) is 0 Å². The van der Waals surface area contributed by atoms with E-state index in [0.717, 1.165) is 27.7 Å². The molecule has 9 heteroatoms. The van der Waals surface area contributed by atoms with E-state index in [4.69, 9.17) is 0 Å². The first-order valence-corrected chi connectivity index (χ1v) is 12.7. The van der Waals surface area contributed by atoms with Crippen LogP contribution in [-0.2, 0) is 6.54 Å². The number of aryl methyl sites for hydroxylation is 1. The number of hydrogen-bond donors (Lipinski definition) is 2. The Bertz CT molecular complexity index is 1710. The second kappa shape index (κ2) is 8.99. The van der Waals surface area contributed by atoms with E-state index in [9.17, 15) is 9.59 Å². The first kappa shape index (κ1) is 23.1. The fourth-order valence-electron chi connectivity index (χ4n) is 4.88. The van der Waals surface area contributed by atoms with E-state index < -0.39 is 0 Å². The minimum atomic E-state index is -0.300. The molecule has 1 saturated carbocycles. The van der Waals surface area contributed by atoms with Crippen molar-refractivity contribution in [1.29, 1.82) is 0 Å². The molecule has 37 heavy (non-hydrogen) atoms. The third-order valence-electron chi connectivity index (χ3n) is 6.99. The van der Waals surface area contributed by atoms with Crippen molar-refractivity contribution in [2.45, 2.75) is 52.0 Å². The number of nitrogens with one attached hydrogen (secondary N) is 2. The fourth-order valence-corrected chi connectivity index (χ4v) is 4.88. The minimum Gasteiger partial charge on any atom is -0.349 e. The van der Waals surface area contributed by atoms with Crippen LogP contribution in [0.4, 0.5) is 0 Å². The number of nitrogens with zero attached hydrogens (tertiary/aromatic N) is 5. The monoisotopic (exact) mass is 495 g/mol. The van der Waals surface area contributed by atoms with Gasteiger partial charge in [-0.1, -0.05) is 26.0 Å². The third kappa shape index (κ3) is 4.30. The van der Waals surface area contributed by atoms with Crippen LogP contribution in [0, 0.1) is 6.92 Å². The van der Waals surface area contributed by atoms with Gasteiger partial charge in [0.2, 0.25) is 0 Å². The van der Waals surface area contributed by atoms with Crippen molar-refractivity contribution in [2.75, 3.05) is 6.54 Å². The van der Waals surface area contributed by atoms with Crippen molar-refractivity contribution in [3.05, 3.63) is 81.8 Å². The van der Waals surface area contributed by atoms with Gasteiger partial charge in [-0.2, -0.15) is 10.2 Å². The van der Waals surface area contributed by atoms with Crippen molar-refractivity contribution < 1.29 is 4.79 Å². The predicted molar refractivity (Wildman–Crippen MR) is 142 cm³/mol. The predicted octanol–water partition coefficient (Wildman–Crippen LogP) is 4.17. The zero-order chi connectivity index (χ0) is 25.7. The first-order chi connectivity index (χ1) is 17.9. The van der Waals surface area contributed by atoms with Gasteiger partial charge in [0.05, 0.1) is 29.6 Å². The molecule has 1 aliphatic rings. The number of aromatic amines is 1. The Morgan fingerprint density at radius 2 is 2.05 bits per heavy atom. The largest absolute Gasteiger partial charge is 0.349 e.